The molecule has 2 unspecified atom stereocenters. The van der Waals surface area contributed by atoms with Gasteiger partial charge in [0.1, 0.15) is 11.9 Å². The van der Waals surface area contributed by atoms with Gasteiger partial charge in [0.25, 0.3) is 0 Å². The van der Waals surface area contributed by atoms with Gasteiger partial charge in [-0.05, 0) is 43.9 Å². The largest absolute Gasteiger partial charge is 0.489 e. The minimum Gasteiger partial charge on any atom is -0.489 e. The molecule has 0 heterocycles. The lowest BCUT2D eigenvalue weighted by Gasteiger charge is -2.24. The maximum absolute atomic E-state index is 6.15. The minimum atomic E-state index is 0.121. The molecule has 1 rings (SSSR count). The standard InChI is InChI=1S/C15H25NO/c1-5-7-13(16)14(6-2)17-15-10-11(3)8-9-12(15)4/h8-10,13-14H,5-7,16H2,1-4H3. The topological polar surface area (TPSA) is 35.2 Å². The molecule has 2 nitrogen and oxygen atoms in total. The molecule has 0 fully saturated rings. The van der Waals surface area contributed by atoms with E-state index in [9.17, 15) is 0 Å². The molecule has 0 aliphatic carbocycles. The van der Waals surface area contributed by atoms with Crippen molar-refractivity contribution in [3.8, 4) is 5.75 Å². The van der Waals surface area contributed by atoms with Crippen molar-refractivity contribution in [2.45, 2.75) is 59.1 Å². The molecule has 2 atom stereocenters. The van der Waals surface area contributed by atoms with Crippen molar-refractivity contribution < 1.29 is 4.74 Å². The molecule has 0 aliphatic rings. The highest BCUT2D eigenvalue weighted by molar-refractivity contribution is 5.36. The summed E-state index contributed by atoms with van der Waals surface area (Å²) < 4.78 is 6.06. The molecule has 96 valence electrons. The molecular formula is C15H25NO. The Morgan fingerprint density at radius 1 is 1.24 bits per heavy atom. The molecular weight excluding hydrogens is 210 g/mol. The van der Waals surface area contributed by atoms with E-state index in [0.717, 1.165) is 25.0 Å². The predicted octanol–water partition coefficient (Wildman–Crippen LogP) is 3.59. The van der Waals surface area contributed by atoms with Crippen molar-refractivity contribution >= 4 is 0 Å². The summed E-state index contributed by atoms with van der Waals surface area (Å²) in [4.78, 5) is 0. The van der Waals surface area contributed by atoms with E-state index in [4.69, 9.17) is 10.5 Å². The van der Waals surface area contributed by atoms with Gasteiger partial charge in [-0.25, -0.2) is 0 Å². The van der Waals surface area contributed by atoms with E-state index in [1.54, 1.807) is 0 Å². The molecule has 0 radical (unpaired) electrons. The molecule has 0 saturated heterocycles. The monoisotopic (exact) mass is 235 g/mol. The second kappa shape index (κ2) is 6.65. The Morgan fingerprint density at radius 3 is 2.53 bits per heavy atom. The Balaban J connectivity index is 2.76. The number of ether oxygens (including phenoxy) is 1. The molecule has 2 N–H and O–H groups in total. The van der Waals surface area contributed by atoms with Crippen LogP contribution in [0.15, 0.2) is 18.2 Å². The fourth-order valence-corrected chi connectivity index (χ4v) is 1.99. The van der Waals surface area contributed by atoms with Crippen LogP contribution >= 0.6 is 0 Å². The van der Waals surface area contributed by atoms with E-state index in [0.29, 0.717) is 0 Å². The highest BCUT2D eigenvalue weighted by Gasteiger charge is 2.17. The molecule has 0 spiro atoms. The third kappa shape index (κ3) is 4.04. The van der Waals surface area contributed by atoms with Crippen molar-refractivity contribution in [2.75, 3.05) is 0 Å². The van der Waals surface area contributed by atoms with Crippen molar-refractivity contribution in [3.05, 3.63) is 29.3 Å². The summed E-state index contributed by atoms with van der Waals surface area (Å²) in [5.74, 6) is 0.975. The van der Waals surface area contributed by atoms with E-state index in [2.05, 4.69) is 45.9 Å². The summed E-state index contributed by atoms with van der Waals surface area (Å²) in [5.41, 5.74) is 8.55. The quantitative estimate of drug-likeness (QED) is 0.818. The fourth-order valence-electron chi connectivity index (χ4n) is 1.99. The number of rotatable bonds is 6. The van der Waals surface area contributed by atoms with Gasteiger partial charge in [-0.3, -0.25) is 0 Å². The summed E-state index contributed by atoms with van der Waals surface area (Å²) in [7, 11) is 0. The Morgan fingerprint density at radius 2 is 1.94 bits per heavy atom. The Bertz CT molecular complexity index is 349. The van der Waals surface area contributed by atoms with Crippen molar-refractivity contribution in [1.29, 1.82) is 0 Å². The van der Waals surface area contributed by atoms with Gasteiger partial charge in [0.2, 0.25) is 0 Å². The van der Waals surface area contributed by atoms with E-state index in [1.165, 1.54) is 11.1 Å². The number of hydrogen-bond acceptors (Lipinski definition) is 2. The van der Waals surface area contributed by atoms with Crippen LogP contribution in [0.4, 0.5) is 0 Å². The van der Waals surface area contributed by atoms with Crippen LogP contribution in [0.25, 0.3) is 0 Å². The first kappa shape index (κ1) is 14.0. The third-order valence-electron chi connectivity index (χ3n) is 3.12. The Labute approximate surface area is 105 Å². The average Bonchev–Trinajstić information content (AvgIpc) is 2.30. The van der Waals surface area contributed by atoms with Crippen molar-refractivity contribution in [2.24, 2.45) is 5.73 Å². The molecule has 1 aromatic rings. The van der Waals surface area contributed by atoms with E-state index < -0.39 is 0 Å². The van der Waals surface area contributed by atoms with Crippen LogP contribution in [0, 0.1) is 13.8 Å². The summed E-state index contributed by atoms with van der Waals surface area (Å²) in [5, 5.41) is 0. The van der Waals surface area contributed by atoms with Crippen LogP contribution in [0.3, 0.4) is 0 Å². The predicted molar refractivity (Wildman–Crippen MR) is 73.5 cm³/mol. The van der Waals surface area contributed by atoms with Crippen LogP contribution in [-0.4, -0.2) is 12.1 Å². The first-order valence-corrected chi connectivity index (χ1v) is 6.58. The molecule has 0 aliphatic heterocycles. The molecule has 0 saturated carbocycles. The second-order valence-corrected chi connectivity index (χ2v) is 4.79. The summed E-state index contributed by atoms with van der Waals surface area (Å²) in [6, 6.07) is 6.43. The van der Waals surface area contributed by atoms with Crippen LogP contribution in [0.5, 0.6) is 5.75 Å². The van der Waals surface area contributed by atoms with Gasteiger partial charge < -0.3 is 10.5 Å². The second-order valence-electron chi connectivity index (χ2n) is 4.79. The normalized spacial score (nSPS) is 14.4. The first-order valence-electron chi connectivity index (χ1n) is 6.58. The average molecular weight is 235 g/mol. The zero-order valence-corrected chi connectivity index (χ0v) is 11.5. The van der Waals surface area contributed by atoms with Crippen molar-refractivity contribution in [1.82, 2.24) is 0 Å². The third-order valence-corrected chi connectivity index (χ3v) is 3.12. The molecule has 2 heteroatoms. The minimum absolute atomic E-state index is 0.121. The van der Waals surface area contributed by atoms with Crippen LogP contribution in [0.2, 0.25) is 0 Å². The van der Waals surface area contributed by atoms with Gasteiger partial charge in [0, 0.05) is 6.04 Å². The van der Waals surface area contributed by atoms with Gasteiger partial charge in [0.05, 0.1) is 0 Å². The summed E-state index contributed by atoms with van der Waals surface area (Å²) >= 11 is 0. The number of aryl methyl sites for hydroxylation is 2. The maximum Gasteiger partial charge on any atom is 0.122 e. The maximum atomic E-state index is 6.15. The van der Waals surface area contributed by atoms with E-state index >= 15 is 0 Å². The van der Waals surface area contributed by atoms with E-state index in [-0.39, 0.29) is 12.1 Å². The Hall–Kier alpha value is -1.02. The summed E-state index contributed by atoms with van der Waals surface area (Å²) in [6.45, 7) is 8.45. The van der Waals surface area contributed by atoms with Gasteiger partial charge in [-0.2, -0.15) is 0 Å². The van der Waals surface area contributed by atoms with Crippen LogP contribution in [0.1, 0.15) is 44.2 Å². The zero-order chi connectivity index (χ0) is 12.8. The van der Waals surface area contributed by atoms with E-state index in [1.807, 2.05) is 0 Å². The van der Waals surface area contributed by atoms with Crippen LogP contribution < -0.4 is 10.5 Å². The van der Waals surface area contributed by atoms with Crippen LogP contribution in [-0.2, 0) is 0 Å². The molecule has 0 amide bonds. The first-order chi connectivity index (χ1) is 8.08. The Kier molecular flexibility index (Phi) is 5.49. The van der Waals surface area contributed by atoms with Gasteiger partial charge in [-0.1, -0.05) is 32.4 Å². The fraction of sp³-hybridized carbons (Fsp3) is 0.600. The lowest BCUT2D eigenvalue weighted by atomic mass is 10.0. The zero-order valence-electron chi connectivity index (χ0n) is 11.5. The van der Waals surface area contributed by atoms with Gasteiger partial charge in [0.15, 0.2) is 0 Å². The SMILES string of the molecule is CCCC(N)C(CC)Oc1cc(C)ccc1C. The number of nitrogens with two attached hydrogens (primary N) is 1. The smallest absolute Gasteiger partial charge is 0.122 e. The van der Waals surface area contributed by atoms with Gasteiger partial charge in [-0.15, -0.1) is 0 Å². The molecule has 0 bridgehead atoms. The molecule has 17 heavy (non-hydrogen) atoms. The highest BCUT2D eigenvalue weighted by Crippen LogP contribution is 2.22. The van der Waals surface area contributed by atoms with Crippen molar-refractivity contribution in [3.63, 3.8) is 0 Å². The van der Waals surface area contributed by atoms with Gasteiger partial charge >= 0.3 is 0 Å². The molecule has 1 aromatic carbocycles. The summed E-state index contributed by atoms with van der Waals surface area (Å²) in [6.07, 6.45) is 3.20. The molecule has 0 aromatic heterocycles. The lowest BCUT2D eigenvalue weighted by Crippen LogP contribution is -2.38. The lowest BCUT2D eigenvalue weighted by molar-refractivity contribution is 0.160. The highest BCUT2D eigenvalue weighted by atomic mass is 16.5. The number of benzene rings is 1. The number of hydrogen-bond donors (Lipinski definition) is 1.